The summed E-state index contributed by atoms with van der Waals surface area (Å²) in [6.45, 7) is 0.502. The van der Waals surface area contributed by atoms with Crippen LogP contribution in [-0.2, 0) is 11.3 Å². The van der Waals surface area contributed by atoms with Crippen LogP contribution in [0.15, 0.2) is 24.7 Å². The van der Waals surface area contributed by atoms with Gasteiger partial charge in [-0.15, -0.1) is 0 Å². The molecule has 0 unspecified atom stereocenters. The lowest BCUT2D eigenvalue weighted by molar-refractivity contribution is 0.181. The van der Waals surface area contributed by atoms with Gasteiger partial charge in [0.15, 0.2) is 5.82 Å². The van der Waals surface area contributed by atoms with E-state index in [1.165, 1.54) is 6.33 Å². The molecule has 1 N–H and O–H groups in total. The minimum absolute atomic E-state index is 0.502. The lowest BCUT2D eigenvalue weighted by Crippen LogP contribution is -2.00. The molecule has 5 nitrogen and oxygen atoms in total. The van der Waals surface area contributed by atoms with Gasteiger partial charge < -0.3 is 4.74 Å². The van der Waals surface area contributed by atoms with E-state index >= 15 is 0 Å². The quantitative estimate of drug-likeness (QED) is 0.799. The summed E-state index contributed by atoms with van der Waals surface area (Å²) in [5.74, 6) is 0.720. The van der Waals surface area contributed by atoms with Gasteiger partial charge >= 0.3 is 0 Å². The van der Waals surface area contributed by atoms with E-state index in [1.54, 1.807) is 24.1 Å². The molecule has 0 aliphatic heterocycles. The van der Waals surface area contributed by atoms with Crippen molar-refractivity contribution in [3.8, 4) is 5.82 Å². The molecule has 15 heavy (non-hydrogen) atoms. The number of rotatable bonds is 3. The van der Waals surface area contributed by atoms with Crippen LogP contribution < -0.4 is 0 Å². The van der Waals surface area contributed by atoms with E-state index in [-0.39, 0.29) is 0 Å². The van der Waals surface area contributed by atoms with E-state index in [4.69, 9.17) is 17.0 Å². The Labute approximate surface area is 91.7 Å². The van der Waals surface area contributed by atoms with Gasteiger partial charge in [0.05, 0.1) is 12.3 Å². The van der Waals surface area contributed by atoms with Crippen molar-refractivity contribution in [2.24, 2.45) is 0 Å². The number of ether oxygens (including phenoxy) is 1. The molecule has 0 aliphatic carbocycles. The number of H-pyrrole nitrogens is 1. The van der Waals surface area contributed by atoms with Crippen LogP contribution in [0.5, 0.6) is 0 Å². The molecule has 0 spiro atoms. The predicted molar refractivity (Wildman–Crippen MR) is 57.3 cm³/mol. The average molecular weight is 222 g/mol. The van der Waals surface area contributed by atoms with Crippen LogP contribution >= 0.6 is 12.2 Å². The highest BCUT2D eigenvalue weighted by Crippen LogP contribution is 2.06. The first-order valence-corrected chi connectivity index (χ1v) is 4.78. The summed E-state index contributed by atoms with van der Waals surface area (Å²) >= 11 is 5.18. The van der Waals surface area contributed by atoms with Gasteiger partial charge in [-0.2, -0.15) is 0 Å². The van der Waals surface area contributed by atoms with Crippen LogP contribution in [-0.4, -0.2) is 26.9 Å². The molecule has 0 fully saturated rings. The lowest BCUT2D eigenvalue weighted by atomic mass is 10.5. The number of hydrogen-bond donors (Lipinski definition) is 1. The normalized spacial score (nSPS) is 10.5. The van der Waals surface area contributed by atoms with E-state index in [1.807, 2.05) is 6.07 Å². The number of aromatic amines is 1. The van der Waals surface area contributed by atoms with Gasteiger partial charge in [-0.25, -0.2) is 14.6 Å². The minimum Gasteiger partial charge on any atom is -0.378 e. The third kappa shape index (κ3) is 2.11. The fraction of sp³-hybridized carbons (Fsp3) is 0.222. The van der Waals surface area contributed by atoms with Gasteiger partial charge in [-0.1, -0.05) is 12.2 Å². The average Bonchev–Trinajstić information content (AvgIpc) is 2.61. The van der Waals surface area contributed by atoms with Gasteiger partial charge in [0, 0.05) is 19.4 Å². The predicted octanol–water partition coefficient (Wildman–Crippen LogP) is 1.47. The molecule has 0 saturated heterocycles. The molecule has 6 heteroatoms. The van der Waals surface area contributed by atoms with Gasteiger partial charge in [0.25, 0.3) is 0 Å². The molecular formula is C9H10N4OS. The van der Waals surface area contributed by atoms with Crippen molar-refractivity contribution >= 4 is 12.2 Å². The number of aromatic nitrogens is 4. The van der Waals surface area contributed by atoms with Crippen LogP contribution in [0.2, 0.25) is 0 Å². The Morgan fingerprint density at radius 3 is 3.13 bits per heavy atom. The van der Waals surface area contributed by atoms with Crippen LogP contribution in [0.1, 0.15) is 5.69 Å². The standard InChI is InChI=1S/C9H10N4OS/c1-14-5-7-4-9(15)13(12-7)8-2-3-10-6-11-8/h2-4,6,12H,5H2,1H3. The summed E-state index contributed by atoms with van der Waals surface area (Å²) < 4.78 is 7.39. The second-order valence-electron chi connectivity index (χ2n) is 2.96. The third-order valence-electron chi connectivity index (χ3n) is 1.87. The maximum atomic E-state index is 5.18. The highest BCUT2D eigenvalue weighted by atomic mass is 32.1. The zero-order valence-corrected chi connectivity index (χ0v) is 8.99. The van der Waals surface area contributed by atoms with Crippen LogP contribution in [0.3, 0.4) is 0 Å². The first kappa shape index (κ1) is 10.0. The Kier molecular flexibility index (Phi) is 2.89. The molecule has 2 aromatic heterocycles. The van der Waals surface area contributed by atoms with E-state index in [0.29, 0.717) is 11.2 Å². The molecule has 2 rings (SSSR count). The maximum Gasteiger partial charge on any atom is 0.156 e. The van der Waals surface area contributed by atoms with Crippen LogP contribution in [0.4, 0.5) is 0 Å². The summed E-state index contributed by atoms with van der Waals surface area (Å²) in [4.78, 5) is 7.94. The van der Waals surface area contributed by atoms with E-state index < -0.39 is 0 Å². The largest absolute Gasteiger partial charge is 0.378 e. The minimum atomic E-state index is 0.502. The smallest absolute Gasteiger partial charge is 0.156 e. The molecule has 0 saturated carbocycles. The summed E-state index contributed by atoms with van der Waals surface area (Å²) in [5.41, 5.74) is 0.918. The van der Waals surface area contributed by atoms with Crippen molar-refractivity contribution in [3.63, 3.8) is 0 Å². The molecule has 0 bridgehead atoms. The second-order valence-corrected chi connectivity index (χ2v) is 3.37. The summed E-state index contributed by atoms with van der Waals surface area (Å²) in [7, 11) is 1.64. The number of nitrogens with one attached hydrogen (secondary N) is 1. The molecule has 2 aromatic rings. The van der Waals surface area contributed by atoms with Gasteiger partial charge in [-0.05, 0) is 6.07 Å². The molecule has 78 valence electrons. The molecule has 0 atom stereocenters. The Morgan fingerprint density at radius 1 is 1.60 bits per heavy atom. The first-order valence-electron chi connectivity index (χ1n) is 4.37. The van der Waals surface area contributed by atoms with Crippen molar-refractivity contribution in [2.75, 3.05) is 7.11 Å². The molecular weight excluding hydrogens is 212 g/mol. The van der Waals surface area contributed by atoms with Crippen molar-refractivity contribution in [1.82, 2.24) is 19.7 Å². The summed E-state index contributed by atoms with van der Waals surface area (Å²) in [5, 5.41) is 3.10. The van der Waals surface area contributed by atoms with Gasteiger partial charge in [-0.3, -0.25) is 5.10 Å². The van der Waals surface area contributed by atoms with Gasteiger partial charge in [0.2, 0.25) is 0 Å². The van der Waals surface area contributed by atoms with Crippen molar-refractivity contribution in [1.29, 1.82) is 0 Å². The van der Waals surface area contributed by atoms with Gasteiger partial charge in [0.1, 0.15) is 11.0 Å². The third-order valence-corrected chi connectivity index (χ3v) is 2.17. The van der Waals surface area contributed by atoms with Crippen LogP contribution in [0, 0.1) is 4.64 Å². The summed E-state index contributed by atoms with van der Waals surface area (Å²) in [6, 6.07) is 3.63. The highest BCUT2D eigenvalue weighted by Gasteiger charge is 2.02. The van der Waals surface area contributed by atoms with E-state index in [0.717, 1.165) is 11.5 Å². The zero-order chi connectivity index (χ0) is 10.7. The second kappa shape index (κ2) is 4.33. The Morgan fingerprint density at radius 2 is 2.47 bits per heavy atom. The molecule has 0 aliphatic rings. The first-order chi connectivity index (χ1) is 7.31. The molecule has 0 radical (unpaired) electrons. The zero-order valence-electron chi connectivity index (χ0n) is 8.17. The topological polar surface area (TPSA) is 55.7 Å². The van der Waals surface area contributed by atoms with Crippen molar-refractivity contribution < 1.29 is 4.74 Å². The molecule has 0 aromatic carbocycles. The highest BCUT2D eigenvalue weighted by molar-refractivity contribution is 7.71. The SMILES string of the molecule is COCc1cc(=S)n(-c2ccncn2)[nH]1. The monoisotopic (exact) mass is 222 g/mol. The Bertz CT molecular complexity index is 490. The lowest BCUT2D eigenvalue weighted by Gasteiger charge is -2.00. The fourth-order valence-corrected chi connectivity index (χ4v) is 1.54. The number of methoxy groups -OCH3 is 1. The molecule has 0 amide bonds. The van der Waals surface area contributed by atoms with Crippen LogP contribution in [0.25, 0.3) is 5.82 Å². The van der Waals surface area contributed by atoms with Crippen molar-refractivity contribution in [3.05, 3.63) is 35.0 Å². The number of nitrogens with zero attached hydrogens (tertiary/aromatic N) is 3. The van der Waals surface area contributed by atoms with Crippen molar-refractivity contribution in [2.45, 2.75) is 6.61 Å². The Hall–Kier alpha value is -1.53. The summed E-state index contributed by atoms with van der Waals surface area (Å²) in [6.07, 6.45) is 3.15. The number of hydrogen-bond acceptors (Lipinski definition) is 4. The van der Waals surface area contributed by atoms with E-state index in [9.17, 15) is 0 Å². The van der Waals surface area contributed by atoms with E-state index in [2.05, 4.69) is 15.1 Å². The Balaban J connectivity index is 2.41. The maximum absolute atomic E-state index is 5.18. The fourth-order valence-electron chi connectivity index (χ4n) is 1.26. The molecule has 2 heterocycles.